The number of hydrogen-bond acceptors (Lipinski definition) is 2. The Bertz CT molecular complexity index is 639. The third kappa shape index (κ3) is 8.41. The number of rotatable bonds is 14. The molecule has 0 spiro atoms. The van der Waals surface area contributed by atoms with Crippen molar-refractivity contribution >= 4 is 0 Å². The Balaban J connectivity index is 1.77. The van der Waals surface area contributed by atoms with Crippen LogP contribution in [0.3, 0.4) is 0 Å². The van der Waals surface area contributed by atoms with Crippen LogP contribution < -0.4 is 4.74 Å². The summed E-state index contributed by atoms with van der Waals surface area (Å²) in [5.41, 5.74) is 3.40. The fourth-order valence-electron chi connectivity index (χ4n) is 3.30. The molecule has 0 radical (unpaired) electrons. The molecule has 0 bridgehead atoms. The van der Waals surface area contributed by atoms with Crippen LogP contribution in [0.5, 0.6) is 5.75 Å². The maximum atomic E-state index is 13.9. The van der Waals surface area contributed by atoms with Gasteiger partial charge in [0.2, 0.25) is 0 Å². The van der Waals surface area contributed by atoms with E-state index >= 15 is 0 Å². The Labute approximate surface area is 170 Å². The van der Waals surface area contributed by atoms with Crippen LogP contribution in [0.15, 0.2) is 42.6 Å². The lowest BCUT2D eigenvalue weighted by atomic mass is 10.0. The maximum Gasteiger partial charge on any atom is 0.137 e. The van der Waals surface area contributed by atoms with Crippen molar-refractivity contribution in [2.75, 3.05) is 6.61 Å². The lowest BCUT2D eigenvalue weighted by Gasteiger charge is -2.11. The molecule has 3 heteroatoms. The molecule has 1 aromatic carbocycles. The van der Waals surface area contributed by atoms with Crippen molar-refractivity contribution < 1.29 is 9.13 Å². The van der Waals surface area contributed by atoms with Gasteiger partial charge in [-0.3, -0.25) is 4.98 Å². The maximum absolute atomic E-state index is 13.9. The van der Waals surface area contributed by atoms with Crippen LogP contribution in [-0.4, -0.2) is 17.8 Å². The Morgan fingerprint density at radius 2 is 1.57 bits per heavy atom. The summed E-state index contributed by atoms with van der Waals surface area (Å²) < 4.78 is 19.4. The van der Waals surface area contributed by atoms with Gasteiger partial charge in [-0.05, 0) is 37.0 Å². The number of ether oxygens (including phenoxy) is 1. The summed E-state index contributed by atoms with van der Waals surface area (Å²) in [5.74, 6) is 0.632. The van der Waals surface area contributed by atoms with Gasteiger partial charge in [0.05, 0.1) is 11.9 Å². The monoisotopic (exact) mass is 385 g/mol. The van der Waals surface area contributed by atoms with Gasteiger partial charge >= 0.3 is 0 Å². The first-order chi connectivity index (χ1) is 13.7. The fraction of sp³-hybridized carbons (Fsp3) is 0.560. The minimum absolute atomic E-state index is 0.111. The first kappa shape index (κ1) is 22.4. The van der Waals surface area contributed by atoms with Crippen molar-refractivity contribution in [2.24, 2.45) is 0 Å². The fourth-order valence-corrected chi connectivity index (χ4v) is 3.30. The van der Waals surface area contributed by atoms with E-state index in [4.69, 9.17) is 4.74 Å². The summed E-state index contributed by atoms with van der Waals surface area (Å²) in [6.45, 7) is 4.51. The number of unbranched alkanes of at least 4 members (excludes halogenated alkanes) is 6. The van der Waals surface area contributed by atoms with Gasteiger partial charge in [-0.2, -0.15) is 0 Å². The molecule has 0 aliphatic carbocycles. The first-order valence-electron chi connectivity index (χ1n) is 11.0. The SMILES string of the molecule is CCCCCCc1ccc(-c2ccc(OC[C@@H](F)CCCCCC)cn2)cc1. The number of alkyl halides is 1. The van der Waals surface area contributed by atoms with Gasteiger partial charge in [0, 0.05) is 5.56 Å². The summed E-state index contributed by atoms with van der Waals surface area (Å²) >= 11 is 0. The van der Waals surface area contributed by atoms with Gasteiger partial charge in [-0.25, -0.2) is 4.39 Å². The molecule has 0 amide bonds. The average molecular weight is 386 g/mol. The van der Waals surface area contributed by atoms with Crippen molar-refractivity contribution in [3.8, 4) is 17.0 Å². The highest BCUT2D eigenvalue weighted by atomic mass is 19.1. The van der Waals surface area contributed by atoms with Crippen molar-refractivity contribution in [3.05, 3.63) is 48.2 Å². The highest BCUT2D eigenvalue weighted by molar-refractivity contribution is 5.59. The number of halogens is 1. The molecule has 0 aliphatic heterocycles. The second kappa shape index (κ2) is 13.3. The number of benzene rings is 1. The van der Waals surface area contributed by atoms with Crippen LogP contribution in [0.4, 0.5) is 4.39 Å². The molecule has 1 atom stereocenters. The number of aryl methyl sites for hydroxylation is 1. The van der Waals surface area contributed by atoms with Gasteiger partial charge in [0.1, 0.15) is 18.5 Å². The number of aromatic nitrogens is 1. The second-order valence-corrected chi connectivity index (χ2v) is 7.64. The quantitative estimate of drug-likeness (QED) is 0.313. The highest BCUT2D eigenvalue weighted by Gasteiger charge is 2.08. The van der Waals surface area contributed by atoms with Crippen molar-refractivity contribution in [3.63, 3.8) is 0 Å². The largest absolute Gasteiger partial charge is 0.489 e. The molecule has 0 saturated heterocycles. The molecule has 1 aromatic heterocycles. The average Bonchev–Trinajstić information content (AvgIpc) is 2.74. The predicted octanol–water partition coefficient (Wildman–Crippen LogP) is 7.56. The summed E-state index contributed by atoms with van der Waals surface area (Å²) in [7, 11) is 0. The zero-order valence-corrected chi connectivity index (χ0v) is 17.6. The van der Waals surface area contributed by atoms with Crippen molar-refractivity contribution in [1.29, 1.82) is 0 Å². The van der Waals surface area contributed by atoms with E-state index in [2.05, 4.69) is 43.1 Å². The minimum atomic E-state index is -0.901. The van der Waals surface area contributed by atoms with Crippen molar-refractivity contribution in [2.45, 2.75) is 84.2 Å². The second-order valence-electron chi connectivity index (χ2n) is 7.64. The molecule has 0 N–H and O–H groups in total. The van der Waals surface area contributed by atoms with Crippen LogP contribution in [-0.2, 0) is 6.42 Å². The predicted molar refractivity (Wildman–Crippen MR) is 117 cm³/mol. The Morgan fingerprint density at radius 1 is 0.857 bits per heavy atom. The van der Waals surface area contributed by atoms with Gasteiger partial charge in [-0.15, -0.1) is 0 Å². The summed E-state index contributed by atoms with van der Waals surface area (Å²) in [6, 6.07) is 12.5. The normalized spacial score (nSPS) is 12.1. The smallest absolute Gasteiger partial charge is 0.137 e. The molecule has 2 rings (SSSR count). The summed E-state index contributed by atoms with van der Waals surface area (Å²) in [4.78, 5) is 4.48. The molecule has 2 nitrogen and oxygen atoms in total. The van der Waals surface area contributed by atoms with E-state index in [9.17, 15) is 4.39 Å². The molecule has 1 heterocycles. The molecular formula is C25H36FNO. The van der Waals surface area contributed by atoms with Crippen LogP contribution >= 0.6 is 0 Å². The molecular weight excluding hydrogens is 349 g/mol. The van der Waals surface area contributed by atoms with Gasteiger partial charge in [0.15, 0.2) is 0 Å². The van der Waals surface area contributed by atoms with E-state index in [1.165, 1.54) is 44.1 Å². The van der Waals surface area contributed by atoms with E-state index in [1.54, 1.807) is 6.20 Å². The molecule has 0 unspecified atom stereocenters. The Kier molecular flexibility index (Phi) is 10.6. The molecule has 2 aromatic rings. The van der Waals surface area contributed by atoms with E-state index < -0.39 is 6.17 Å². The zero-order valence-electron chi connectivity index (χ0n) is 17.6. The number of hydrogen-bond donors (Lipinski definition) is 0. The minimum Gasteiger partial charge on any atom is -0.489 e. The number of nitrogens with zero attached hydrogens (tertiary/aromatic N) is 1. The Hall–Kier alpha value is -1.90. The first-order valence-corrected chi connectivity index (χ1v) is 11.0. The summed E-state index contributed by atoms with van der Waals surface area (Å²) in [5, 5.41) is 0. The van der Waals surface area contributed by atoms with E-state index in [-0.39, 0.29) is 6.61 Å². The van der Waals surface area contributed by atoms with Crippen LogP contribution in [0, 0.1) is 0 Å². The molecule has 0 aliphatic rings. The van der Waals surface area contributed by atoms with Crippen LogP contribution in [0.25, 0.3) is 11.3 Å². The van der Waals surface area contributed by atoms with E-state index in [1.807, 2.05) is 12.1 Å². The van der Waals surface area contributed by atoms with E-state index in [0.29, 0.717) is 12.2 Å². The van der Waals surface area contributed by atoms with E-state index in [0.717, 1.165) is 30.5 Å². The van der Waals surface area contributed by atoms with Gasteiger partial charge in [-0.1, -0.05) is 83.1 Å². The van der Waals surface area contributed by atoms with Crippen molar-refractivity contribution in [1.82, 2.24) is 4.98 Å². The lowest BCUT2D eigenvalue weighted by Crippen LogP contribution is -2.12. The molecule has 0 saturated carbocycles. The number of pyridine rings is 1. The topological polar surface area (TPSA) is 22.1 Å². The molecule has 154 valence electrons. The molecule has 28 heavy (non-hydrogen) atoms. The van der Waals surface area contributed by atoms with Crippen LogP contribution in [0.2, 0.25) is 0 Å². The third-order valence-electron chi connectivity index (χ3n) is 5.11. The zero-order chi connectivity index (χ0) is 20.0. The highest BCUT2D eigenvalue weighted by Crippen LogP contribution is 2.21. The van der Waals surface area contributed by atoms with Gasteiger partial charge in [0.25, 0.3) is 0 Å². The van der Waals surface area contributed by atoms with Gasteiger partial charge < -0.3 is 4.74 Å². The van der Waals surface area contributed by atoms with Crippen LogP contribution in [0.1, 0.15) is 77.2 Å². The summed E-state index contributed by atoms with van der Waals surface area (Å²) in [6.07, 6.45) is 12.1. The standard InChI is InChI=1S/C25H36FNO/c1-3-5-7-9-11-21-13-15-22(16-14-21)25-18-17-24(19-27-25)28-20-23(26)12-10-8-6-4-2/h13-19,23H,3-12,20H2,1-2H3/t23-/m0/s1. The lowest BCUT2D eigenvalue weighted by molar-refractivity contribution is 0.183. The Morgan fingerprint density at radius 3 is 2.21 bits per heavy atom. The molecule has 0 fully saturated rings. The third-order valence-corrected chi connectivity index (χ3v) is 5.11.